The zero-order chi connectivity index (χ0) is 14.0. The Balaban J connectivity index is 2.37. The average molecular weight is 304 g/mol. The number of nitrogens with zero attached hydrogens (tertiary/aromatic N) is 1. The van der Waals surface area contributed by atoms with Gasteiger partial charge in [-0.25, -0.2) is 8.42 Å². The van der Waals surface area contributed by atoms with Crippen molar-refractivity contribution in [2.24, 2.45) is 0 Å². The number of aliphatic hydroxyl groups is 1. The fourth-order valence-electron chi connectivity index (χ4n) is 2.34. The topological polar surface area (TPSA) is 57.6 Å². The summed E-state index contributed by atoms with van der Waals surface area (Å²) in [5.74, 6) is 0. The van der Waals surface area contributed by atoms with Crippen LogP contribution in [0.3, 0.4) is 0 Å². The number of aliphatic hydroxyl groups excluding tert-OH is 1. The van der Waals surface area contributed by atoms with Gasteiger partial charge in [0.15, 0.2) is 0 Å². The van der Waals surface area contributed by atoms with Gasteiger partial charge in [-0.1, -0.05) is 24.1 Å². The molecule has 1 fully saturated rings. The summed E-state index contributed by atoms with van der Waals surface area (Å²) >= 11 is 6.00. The minimum atomic E-state index is -3.57. The fraction of sp³-hybridized carbons (Fsp3) is 0.538. The molecule has 1 N–H and O–H groups in total. The monoisotopic (exact) mass is 303 g/mol. The van der Waals surface area contributed by atoms with Crippen molar-refractivity contribution in [1.29, 1.82) is 0 Å². The highest BCUT2D eigenvalue weighted by Gasteiger charge is 2.33. The van der Waals surface area contributed by atoms with Crippen LogP contribution in [-0.2, 0) is 10.0 Å². The highest BCUT2D eigenvalue weighted by molar-refractivity contribution is 7.89. The summed E-state index contributed by atoms with van der Waals surface area (Å²) in [6, 6.07) is 4.43. The molecule has 0 spiro atoms. The van der Waals surface area contributed by atoms with Crippen molar-refractivity contribution in [2.45, 2.75) is 37.1 Å². The molecule has 1 aliphatic heterocycles. The van der Waals surface area contributed by atoms with E-state index in [4.69, 9.17) is 11.6 Å². The van der Waals surface area contributed by atoms with Crippen LogP contribution in [0.1, 0.15) is 24.8 Å². The summed E-state index contributed by atoms with van der Waals surface area (Å²) in [4.78, 5) is 0.198. The van der Waals surface area contributed by atoms with Crippen LogP contribution < -0.4 is 0 Å². The Morgan fingerprint density at radius 1 is 1.42 bits per heavy atom. The summed E-state index contributed by atoms with van der Waals surface area (Å²) < 4.78 is 26.6. The smallest absolute Gasteiger partial charge is 0.243 e. The molecular formula is C13H18ClNO3S. The predicted molar refractivity (Wildman–Crippen MR) is 74.8 cm³/mol. The third-order valence-electron chi connectivity index (χ3n) is 3.53. The van der Waals surface area contributed by atoms with Crippen molar-refractivity contribution in [3.8, 4) is 0 Å². The Morgan fingerprint density at radius 2 is 2.16 bits per heavy atom. The molecule has 1 unspecified atom stereocenters. The Kier molecular flexibility index (Phi) is 4.50. The van der Waals surface area contributed by atoms with Gasteiger partial charge in [-0.3, -0.25) is 0 Å². The molecule has 1 aromatic rings. The summed E-state index contributed by atoms with van der Waals surface area (Å²) in [5.41, 5.74) is 0.845. The molecule has 106 valence electrons. The quantitative estimate of drug-likeness (QED) is 0.931. The SMILES string of the molecule is Cc1ccc(S(=O)(=O)N2CCCCC2CO)cc1Cl. The van der Waals surface area contributed by atoms with Crippen molar-refractivity contribution in [3.05, 3.63) is 28.8 Å². The zero-order valence-corrected chi connectivity index (χ0v) is 12.4. The summed E-state index contributed by atoms with van der Waals surface area (Å²) in [6.45, 7) is 2.15. The van der Waals surface area contributed by atoms with E-state index >= 15 is 0 Å². The molecule has 4 nitrogen and oxygen atoms in total. The number of rotatable bonds is 3. The molecule has 1 aliphatic rings. The number of piperidine rings is 1. The summed E-state index contributed by atoms with van der Waals surface area (Å²) in [7, 11) is -3.57. The first-order chi connectivity index (χ1) is 8.96. The van der Waals surface area contributed by atoms with Crippen LogP contribution in [0.25, 0.3) is 0 Å². The van der Waals surface area contributed by atoms with E-state index < -0.39 is 10.0 Å². The van der Waals surface area contributed by atoms with Gasteiger partial charge in [0.2, 0.25) is 10.0 Å². The van der Waals surface area contributed by atoms with Gasteiger partial charge in [-0.15, -0.1) is 0 Å². The normalized spacial score (nSPS) is 21.5. The molecule has 0 saturated carbocycles. The lowest BCUT2D eigenvalue weighted by Gasteiger charge is -2.33. The number of benzene rings is 1. The number of aryl methyl sites for hydroxylation is 1. The van der Waals surface area contributed by atoms with Crippen molar-refractivity contribution >= 4 is 21.6 Å². The molecule has 0 amide bonds. The van der Waals surface area contributed by atoms with Crippen LogP contribution in [-0.4, -0.2) is 37.0 Å². The number of sulfonamides is 1. The van der Waals surface area contributed by atoms with Crippen molar-refractivity contribution in [3.63, 3.8) is 0 Å². The van der Waals surface area contributed by atoms with Crippen LogP contribution in [0.5, 0.6) is 0 Å². The van der Waals surface area contributed by atoms with E-state index in [1.54, 1.807) is 12.1 Å². The van der Waals surface area contributed by atoms with Crippen molar-refractivity contribution < 1.29 is 13.5 Å². The molecule has 2 rings (SSSR count). The van der Waals surface area contributed by atoms with Gasteiger partial charge in [-0.05, 0) is 37.5 Å². The average Bonchev–Trinajstić information content (AvgIpc) is 2.41. The molecule has 1 saturated heterocycles. The first kappa shape index (κ1) is 14.8. The van der Waals surface area contributed by atoms with Crippen LogP contribution in [0, 0.1) is 6.92 Å². The Hall–Kier alpha value is -0.620. The lowest BCUT2D eigenvalue weighted by atomic mass is 10.1. The van der Waals surface area contributed by atoms with E-state index in [1.165, 1.54) is 10.4 Å². The highest BCUT2D eigenvalue weighted by atomic mass is 35.5. The molecule has 0 aliphatic carbocycles. The minimum absolute atomic E-state index is 0.140. The minimum Gasteiger partial charge on any atom is -0.395 e. The van der Waals surface area contributed by atoms with Gasteiger partial charge < -0.3 is 5.11 Å². The number of hydrogen-bond acceptors (Lipinski definition) is 3. The zero-order valence-electron chi connectivity index (χ0n) is 10.8. The van der Waals surface area contributed by atoms with Gasteiger partial charge in [-0.2, -0.15) is 4.31 Å². The lowest BCUT2D eigenvalue weighted by Crippen LogP contribution is -2.45. The van der Waals surface area contributed by atoms with Gasteiger partial charge in [0, 0.05) is 17.6 Å². The maximum atomic E-state index is 12.6. The Morgan fingerprint density at radius 3 is 2.79 bits per heavy atom. The first-order valence-electron chi connectivity index (χ1n) is 6.35. The Labute approximate surface area is 119 Å². The van der Waals surface area contributed by atoms with Crippen LogP contribution in [0.2, 0.25) is 5.02 Å². The summed E-state index contributed by atoms with van der Waals surface area (Å²) in [6.07, 6.45) is 2.48. The second-order valence-corrected chi connectivity index (χ2v) is 7.16. The highest BCUT2D eigenvalue weighted by Crippen LogP contribution is 2.27. The van der Waals surface area contributed by atoms with E-state index in [0.717, 1.165) is 18.4 Å². The van der Waals surface area contributed by atoms with E-state index in [1.807, 2.05) is 6.92 Å². The van der Waals surface area contributed by atoms with Gasteiger partial charge in [0.05, 0.1) is 11.5 Å². The van der Waals surface area contributed by atoms with Crippen LogP contribution in [0.4, 0.5) is 0 Å². The van der Waals surface area contributed by atoms with E-state index in [0.29, 0.717) is 18.0 Å². The van der Waals surface area contributed by atoms with E-state index in [9.17, 15) is 13.5 Å². The molecule has 0 radical (unpaired) electrons. The second kappa shape index (κ2) is 5.79. The molecule has 1 aromatic carbocycles. The number of hydrogen-bond donors (Lipinski definition) is 1. The van der Waals surface area contributed by atoms with Gasteiger partial charge in [0.1, 0.15) is 0 Å². The third kappa shape index (κ3) is 2.94. The van der Waals surface area contributed by atoms with Gasteiger partial charge in [0.25, 0.3) is 0 Å². The van der Waals surface area contributed by atoms with Crippen LogP contribution >= 0.6 is 11.6 Å². The first-order valence-corrected chi connectivity index (χ1v) is 8.17. The lowest BCUT2D eigenvalue weighted by molar-refractivity contribution is 0.155. The third-order valence-corrected chi connectivity index (χ3v) is 5.89. The van der Waals surface area contributed by atoms with Crippen LogP contribution in [0.15, 0.2) is 23.1 Å². The molecule has 1 atom stereocenters. The molecule has 6 heteroatoms. The number of halogens is 1. The van der Waals surface area contributed by atoms with E-state index in [-0.39, 0.29) is 17.5 Å². The second-order valence-electron chi connectivity index (χ2n) is 4.86. The van der Waals surface area contributed by atoms with Crippen molar-refractivity contribution in [2.75, 3.05) is 13.2 Å². The Bertz CT molecular complexity index is 559. The van der Waals surface area contributed by atoms with Gasteiger partial charge >= 0.3 is 0 Å². The summed E-state index contributed by atoms with van der Waals surface area (Å²) in [5, 5.41) is 9.78. The maximum absolute atomic E-state index is 12.6. The predicted octanol–water partition coefficient (Wildman–Crippen LogP) is 2.18. The standard InChI is InChI=1S/C13H18ClNO3S/c1-10-5-6-12(8-13(10)14)19(17,18)15-7-3-2-4-11(15)9-16/h5-6,8,11,16H,2-4,7,9H2,1H3. The molecular weight excluding hydrogens is 286 g/mol. The molecule has 1 heterocycles. The molecule has 0 aromatic heterocycles. The largest absolute Gasteiger partial charge is 0.395 e. The molecule has 19 heavy (non-hydrogen) atoms. The van der Waals surface area contributed by atoms with Crippen molar-refractivity contribution in [1.82, 2.24) is 4.31 Å². The maximum Gasteiger partial charge on any atom is 0.243 e. The van der Waals surface area contributed by atoms with E-state index in [2.05, 4.69) is 0 Å². The molecule has 0 bridgehead atoms. The fourth-order valence-corrected chi connectivity index (χ4v) is 4.30.